The molecule has 1 saturated heterocycles. The summed E-state index contributed by atoms with van der Waals surface area (Å²) in [5.41, 5.74) is 16.7. The van der Waals surface area contributed by atoms with Gasteiger partial charge in [-0.1, -0.05) is 87.6 Å². The molecule has 11 amide bonds. The van der Waals surface area contributed by atoms with E-state index in [2.05, 4.69) is 37.2 Å². The van der Waals surface area contributed by atoms with E-state index in [1.807, 2.05) is 20.8 Å². The number of nitrogens with two attached hydrogens (primary N) is 3. The van der Waals surface area contributed by atoms with Crippen LogP contribution in [-0.2, 0) is 59.2 Å². The van der Waals surface area contributed by atoms with Gasteiger partial charge >= 0.3 is 0 Å². The number of hydrogen-bond donors (Lipinski definition) is 11. The molecule has 14 N–H and O–H groups in total. The first-order valence-electron chi connectivity index (χ1n) is 23.3. The van der Waals surface area contributed by atoms with Gasteiger partial charge in [0.1, 0.15) is 42.0 Å². The van der Waals surface area contributed by atoms with Crippen molar-refractivity contribution in [1.82, 2.24) is 42.1 Å². The quantitative estimate of drug-likeness (QED) is 0.0465. The number of carbonyl (C=O) groups excluding carboxylic acids is 11. The predicted molar refractivity (Wildman–Crippen MR) is 262 cm³/mol. The number of nitrogens with zero attached hydrogens (tertiary/aromatic N) is 1. The Morgan fingerprint density at radius 1 is 0.786 bits per heavy atom. The van der Waals surface area contributed by atoms with E-state index in [9.17, 15) is 57.8 Å². The summed E-state index contributed by atoms with van der Waals surface area (Å²) in [4.78, 5) is 148. The maximum absolute atomic E-state index is 14.6. The Morgan fingerprint density at radius 3 is 2.03 bits per heavy atom. The zero-order chi connectivity index (χ0) is 52.5. The fourth-order valence-corrected chi connectivity index (χ4v) is 9.15. The van der Waals surface area contributed by atoms with Gasteiger partial charge in [-0.05, 0) is 48.8 Å². The highest BCUT2D eigenvalue weighted by Crippen LogP contribution is 2.24. The van der Waals surface area contributed by atoms with Gasteiger partial charge in [0.25, 0.3) is 0 Å². The lowest BCUT2D eigenvalue weighted by Crippen LogP contribution is -2.61. The van der Waals surface area contributed by atoms with Gasteiger partial charge in [-0.15, -0.1) is 0 Å². The third-order valence-electron chi connectivity index (χ3n) is 11.0. The highest BCUT2D eigenvalue weighted by Gasteiger charge is 2.36. The third kappa shape index (κ3) is 22.5. The Kier molecular flexibility index (Phi) is 26.7. The van der Waals surface area contributed by atoms with Crippen LogP contribution in [0.2, 0.25) is 0 Å². The van der Waals surface area contributed by atoms with Crippen molar-refractivity contribution >= 4 is 86.6 Å². The van der Waals surface area contributed by atoms with E-state index in [0.717, 1.165) is 28.0 Å². The molecular formula is C45H71N11O12S2. The van der Waals surface area contributed by atoms with Crippen molar-refractivity contribution in [3.63, 3.8) is 0 Å². The summed E-state index contributed by atoms with van der Waals surface area (Å²) in [6.07, 6.45) is 0.600. The number of nitrogens with one attached hydrogen (secondary N) is 7. The topological polar surface area (TPSA) is 374 Å². The minimum Gasteiger partial charge on any atom is -0.508 e. The Labute approximate surface area is 416 Å². The van der Waals surface area contributed by atoms with Crippen molar-refractivity contribution in [2.75, 3.05) is 31.1 Å². The average Bonchev–Trinajstić information content (AvgIpc) is 3.29. The van der Waals surface area contributed by atoms with Crippen LogP contribution in [0.4, 0.5) is 0 Å². The molecule has 1 unspecified atom stereocenters. The van der Waals surface area contributed by atoms with Crippen molar-refractivity contribution in [2.24, 2.45) is 29.0 Å². The van der Waals surface area contributed by atoms with Crippen LogP contribution in [0.5, 0.6) is 5.75 Å². The molecule has 25 heteroatoms. The molecule has 1 aromatic carbocycles. The third-order valence-corrected chi connectivity index (χ3v) is 13.4. The maximum atomic E-state index is 14.6. The molecule has 1 aromatic rings. The molecule has 1 aliphatic rings. The lowest BCUT2D eigenvalue weighted by Gasteiger charge is -2.30. The molecule has 0 spiro atoms. The zero-order valence-electron chi connectivity index (χ0n) is 40.5. The molecule has 0 radical (unpaired) electrons. The molecule has 23 nitrogen and oxygen atoms in total. The van der Waals surface area contributed by atoms with Crippen LogP contribution in [0.25, 0.3) is 0 Å². The summed E-state index contributed by atoms with van der Waals surface area (Å²) in [5.74, 6) is -9.74. The lowest BCUT2D eigenvalue weighted by molar-refractivity contribution is -0.140. The van der Waals surface area contributed by atoms with Crippen molar-refractivity contribution in [3.8, 4) is 5.75 Å². The number of benzene rings is 1. The van der Waals surface area contributed by atoms with Gasteiger partial charge in [-0.3, -0.25) is 52.7 Å². The van der Waals surface area contributed by atoms with Gasteiger partial charge < -0.3 is 64.4 Å². The molecular weight excluding hydrogens is 951 g/mol. The Hall–Kier alpha value is -6.11. The maximum Gasteiger partial charge on any atom is 0.246 e. The number of primary amides is 3. The molecule has 390 valence electrons. The smallest absolute Gasteiger partial charge is 0.246 e. The van der Waals surface area contributed by atoms with Crippen molar-refractivity contribution in [3.05, 3.63) is 29.8 Å². The SMILES string of the molecule is CCCCCN(CC(=O)N[C@@H](CC(C)C)C(=O)NCC(N)=O)C(=O)[C@@H]1CSSCCC(=O)N[C@@H](Cc2ccc(O)cc2)C(=O)N[C@@H](C(C)CC)C(=O)N[C@@H](CCC(N)=O)C(=O)N[C@@H](CC(N)=O)C(=O)N1. The molecule has 1 fully saturated rings. The van der Waals surface area contributed by atoms with E-state index in [-0.39, 0.29) is 55.4 Å². The van der Waals surface area contributed by atoms with Gasteiger partial charge in [0.2, 0.25) is 65.0 Å². The summed E-state index contributed by atoms with van der Waals surface area (Å²) in [6.45, 7) is 7.99. The van der Waals surface area contributed by atoms with E-state index in [1.54, 1.807) is 26.0 Å². The van der Waals surface area contributed by atoms with Crippen LogP contribution < -0.4 is 54.4 Å². The summed E-state index contributed by atoms with van der Waals surface area (Å²) >= 11 is 0. The van der Waals surface area contributed by atoms with Crippen molar-refractivity contribution in [2.45, 2.75) is 135 Å². The van der Waals surface area contributed by atoms with E-state index < -0.39 is 133 Å². The first-order valence-corrected chi connectivity index (χ1v) is 25.8. The molecule has 0 bridgehead atoms. The number of hydrogen-bond acceptors (Lipinski definition) is 14. The van der Waals surface area contributed by atoms with E-state index >= 15 is 0 Å². The standard InChI is InChI=1S/C45H71N11O12S2/c1-6-8-9-17-56(23-38(62)51-30(19-25(3)4)40(63)49-22-36(48)60)45(68)33-24-70-69-18-16-37(61)50-31(20-27-10-12-28(57)13-11-27)43(66)55-39(26(5)7-2)44(67)52-29(14-15-34(46)58)41(64)53-32(21-35(47)59)42(65)54-33/h10-13,25-26,29-33,39,57H,6-9,14-24H2,1-5H3,(H2,46,58)(H2,47,59)(H2,48,60)(H,49,63)(H,50,61)(H,51,62)(H,52,67)(H,53,64)(H,54,65)(H,55,66)/t26?,29-,30-,31-,32-,33-,39-/m0/s1. The monoisotopic (exact) mass is 1020 g/mol. The van der Waals surface area contributed by atoms with Crippen LogP contribution >= 0.6 is 21.6 Å². The second-order valence-corrected chi connectivity index (χ2v) is 20.1. The molecule has 1 aliphatic heterocycles. The molecule has 2 rings (SSSR count). The lowest BCUT2D eigenvalue weighted by atomic mass is 9.96. The molecule has 1 heterocycles. The van der Waals surface area contributed by atoms with E-state index in [1.165, 1.54) is 17.0 Å². The van der Waals surface area contributed by atoms with Gasteiger partial charge in [0.05, 0.1) is 19.5 Å². The number of phenols is 1. The number of phenolic OH excluding ortho intramolecular Hbond substituents is 1. The second-order valence-electron chi connectivity index (χ2n) is 17.5. The molecule has 7 atom stereocenters. The number of aromatic hydroxyl groups is 1. The summed E-state index contributed by atoms with van der Waals surface area (Å²) in [7, 11) is 2.23. The molecule has 70 heavy (non-hydrogen) atoms. The number of amides is 11. The van der Waals surface area contributed by atoms with Crippen LogP contribution in [0, 0.1) is 11.8 Å². The molecule has 0 aromatic heterocycles. The summed E-state index contributed by atoms with van der Waals surface area (Å²) in [5, 5.41) is 27.8. The molecule has 0 saturated carbocycles. The van der Waals surface area contributed by atoms with E-state index in [0.29, 0.717) is 24.8 Å². The minimum atomic E-state index is -1.74. The normalized spacial score (nSPS) is 20.8. The van der Waals surface area contributed by atoms with Gasteiger partial charge in [0.15, 0.2) is 0 Å². The van der Waals surface area contributed by atoms with Crippen LogP contribution in [0.15, 0.2) is 24.3 Å². The number of carbonyl (C=O) groups is 11. The fraction of sp³-hybridized carbons (Fsp3) is 0.622. The largest absolute Gasteiger partial charge is 0.508 e. The fourth-order valence-electron chi connectivity index (χ4n) is 7.01. The minimum absolute atomic E-state index is 0.0264. The van der Waals surface area contributed by atoms with Gasteiger partial charge in [0, 0.05) is 37.3 Å². The summed E-state index contributed by atoms with van der Waals surface area (Å²) in [6, 6.07) is -2.40. The first kappa shape index (κ1) is 60.0. The Balaban J connectivity index is 2.64. The van der Waals surface area contributed by atoms with Gasteiger partial charge in [-0.25, -0.2) is 0 Å². The second kappa shape index (κ2) is 31.2. The average molecular weight is 1020 g/mol. The number of unbranched alkanes of at least 4 members (excludes halogenated alkanes) is 2. The van der Waals surface area contributed by atoms with E-state index in [4.69, 9.17) is 17.2 Å². The molecule has 0 aliphatic carbocycles. The summed E-state index contributed by atoms with van der Waals surface area (Å²) < 4.78 is 0. The van der Waals surface area contributed by atoms with Crippen LogP contribution in [0.3, 0.4) is 0 Å². The van der Waals surface area contributed by atoms with Crippen molar-refractivity contribution < 1.29 is 57.8 Å². The zero-order valence-corrected chi connectivity index (χ0v) is 42.1. The van der Waals surface area contributed by atoms with Gasteiger partial charge in [-0.2, -0.15) is 0 Å². The Bertz CT molecular complexity index is 1990. The van der Waals surface area contributed by atoms with Crippen LogP contribution in [-0.4, -0.2) is 142 Å². The highest BCUT2D eigenvalue weighted by atomic mass is 33.1. The predicted octanol–water partition coefficient (Wildman–Crippen LogP) is -1.52. The number of rotatable bonds is 22. The van der Waals surface area contributed by atoms with Crippen molar-refractivity contribution in [1.29, 1.82) is 0 Å². The van der Waals surface area contributed by atoms with Crippen LogP contribution in [0.1, 0.15) is 98.0 Å². The Morgan fingerprint density at radius 2 is 1.43 bits per heavy atom. The highest BCUT2D eigenvalue weighted by molar-refractivity contribution is 8.76. The first-order chi connectivity index (χ1) is 33.0.